The molecule has 0 saturated carbocycles. The molecular formula is C17H16N2O4S. The lowest BCUT2D eigenvalue weighted by Crippen LogP contribution is -2.42. The second-order valence-electron chi connectivity index (χ2n) is 5.02. The molecule has 6 nitrogen and oxygen atoms in total. The molecule has 1 atom stereocenters. The molecule has 0 aliphatic heterocycles. The van der Waals surface area contributed by atoms with Crippen molar-refractivity contribution >= 4 is 16.0 Å². The van der Waals surface area contributed by atoms with Gasteiger partial charge < -0.3 is 4.74 Å². The summed E-state index contributed by atoms with van der Waals surface area (Å²) < 4.78 is 32.0. The Bertz CT molecular complexity index is 840. The molecule has 7 heteroatoms. The first kappa shape index (κ1) is 17.7. The summed E-state index contributed by atoms with van der Waals surface area (Å²) in [6, 6.07) is 15.3. The lowest BCUT2D eigenvalue weighted by atomic mass is 10.1. The molecule has 0 fully saturated rings. The number of carbonyl (C=O) groups excluding carboxylic acids is 1. The third kappa shape index (κ3) is 4.41. The molecule has 0 unspecified atom stereocenters. The Labute approximate surface area is 140 Å². The second kappa shape index (κ2) is 7.73. The Morgan fingerprint density at radius 2 is 1.79 bits per heavy atom. The summed E-state index contributed by atoms with van der Waals surface area (Å²) in [6.07, 6.45) is 0.170. The fraction of sp³-hybridized carbons (Fsp3) is 0.176. The van der Waals surface area contributed by atoms with Gasteiger partial charge in [0.1, 0.15) is 6.04 Å². The summed E-state index contributed by atoms with van der Waals surface area (Å²) >= 11 is 0. The number of nitrogens with one attached hydrogen (secondary N) is 1. The zero-order valence-electron chi connectivity index (χ0n) is 13.0. The second-order valence-corrected chi connectivity index (χ2v) is 6.74. The van der Waals surface area contributed by atoms with E-state index < -0.39 is 22.0 Å². The van der Waals surface area contributed by atoms with Crippen molar-refractivity contribution in [3.8, 4) is 6.07 Å². The number of carbonyl (C=O) groups is 1. The number of sulfonamides is 1. The maximum Gasteiger partial charge on any atom is 0.324 e. The van der Waals surface area contributed by atoms with Gasteiger partial charge in [-0.15, -0.1) is 0 Å². The smallest absolute Gasteiger partial charge is 0.324 e. The van der Waals surface area contributed by atoms with Crippen LogP contribution in [0.3, 0.4) is 0 Å². The summed E-state index contributed by atoms with van der Waals surface area (Å²) in [5.74, 6) is -0.670. The van der Waals surface area contributed by atoms with E-state index in [2.05, 4.69) is 4.72 Å². The first-order valence-corrected chi connectivity index (χ1v) is 8.59. The van der Waals surface area contributed by atoms with Gasteiger partial charge in [-0.3, -0.25) is 4.79 Å². The molecule has 2 aromatic carbocycles. The van der Waals surface area contributed by atoms with Gasteiger partial charge in [-0.05, 0) is 36.2 Å². The number of esters is 1. The molecule has 24 heavy (non-hydrogen) atoms. The molecule has 0 bridgehead atoms. The van der Waals surface area contributed by atoms with Crippen LogP contribution in [-0.2, 0) is 26.0 Å². The molecule has 2 aromatic rings. The predicted octanol–water partition coefficient (Wildman–Crippen LogP) is 1.62. The first-order valence-electron chi connectivity index (χ1n) is 7.10. The van der Waals surface area contributed by atoms with E-state index >= 15 is 0 Å². The van der Waals surface area contributed by atoms with Crippen LogP contribution in [0.2, 0.25) is 0 Å². The van der Waals surface area contributed by atoms with Gasteiger partial charge in [0.05, 0.1) is 23.6 Å². The number of nitrogens with zero attached hydrogens (tertiary/aromatic N) is 1. The molecule has 2 rings (SSSR count). The minimum atomic E-state index is -3.92. The van der Waals surface area contributed by atoms with Gasteiger partial charge >= 0.3 is 5.97 Å². The highest BCUT2D eigenvalue weighted by Gasteiger charge is 2.26. The van der Waals surface area contributed by atoms with Crippen LogP contribution in [0.1, 0.15) is 11.1 Å². The molecule has 124 valence electrons. The van der Waals surface area contributed by atoms with Crippen LogP contribution in [-0.4, -0.2) is 27.5 Å². The van der Waals surface area contributed by atoms with Crippen molar-refractivity contribution in [3.05, 3.63) is 65.7 Å². The highest BCUT2D eigenvalue weighted by molar-refractivity contribution is 7.89. The summed E-state index contributed by atoms with van der Waals surface area (Å²) in [5, 5.41) is 8.77. The van der Waals surface area contributed by atoms with Crippen molar-refractivity contribution in [1.82, 2.24) is 4.72 Å². The number of hydrogen-bond acceptors (Lipinski definition) is 5. The summed E-state index contributed by atoms with van der Waals surface area (Å²) in [6.45, 7) is 0. The molecular weight excluding hydrogens is 328 g/mol. The lowest BCUT2D eigenvalue weighted by Gasteiger charge is -2.17. The van der Waals surface area contributed by atoms with E-state index in [1.807, 2.05) is 12.1 Å². The van der Waals surface area contributed by atoms with E-state index in [1.54, 1.807) is 24.3 Å². The zero-order chi connectivity index (χ0) is 17.6. The van der Waals surface area contributed by atoms with Gasteiger partial charge in [0, 0.05) is 0 Å². The molecule has 0 saturated heterocycles. The summed E-state index contributed by atoms with van der Waals surface area (Å²) in [5.41, 5.74) is 1.15. The zero-order valence-corrected chi connectivity index (χ0v) is 13.8. The molecule has 0 aliphatic carbocycles. The average molecular weight is 344 g/mol. The number of benzene rings is 2. The lowest BCUT2D eigenvalue weighted by molar-refractivity contribution is -0.142. The molecule has 0 radical (unpaired) electrons. The number of hydrogen-bond donors (Lipinski definition) is 1. The van der Waals surface area contributed by atoms with Gasteiger partial charge in [-0.25, -0.2) is 8.42 Å². The standard InChI is InChI=1S/C17H16N2O4S/c1-23-17(20)16(11-13-5-3-2-4-6-13)19-24(21,22)15-9-7-14(12-18)8-10-15/h2-10,16,19H,11H2,1H3/t16-/m0/s1. The van der Waals surface area contributed by atoms with Crippen LogP contribution in [0, 0.1) is 11.3 Å². The molecule has 0 spiro atoms. The largest absolute Gasteiger partial charge is 0.468 e. The Morgan fingerprint density at radius 3 is 2.33 bits per heavy atom. The van der Waals surface area contributed by atoms with E-state index in [0.717, 1.165) is 5.56 Å². The van der Waals surface area contributed by atoms with Crippen molar-refractivity contribution in [2.24, 2.45) is 0 Å². The maximum atomic E-state index is 12.5. The van der Waals surface area contributed by atoms with Crippen molar-refractivity contribution in [2.45, 2.75) is 17.4 Å². The minimum Gasteiger partial charge on any atom is -0.468 e. The van der Waals surface area contributed by atoms with E-state index in [9.17, 15) is 13.2 Å². The maximum absolute atomic E-state index is 12.5. The van der Waals surface area contributed by atoms with Crippen LogP contribution < -0.4 is 4.72 Å². The van der Waals surface area contributed by atoms with E-state index in [0.29, 0.717) is 5.56 Å². The van der Waals surface area contributed by atoms with Gasteiger partial charge in [0.15, 0.2) is 0 Å². The number of ether oxygens (including phenoxy) is 1. The van der Waals surface area contributed by atoms with Crippen LogP contribution >= 0.6 is 0 Å². The molecule has 0 aromatic heterocycles. The number of methoxy groups -OCH3 is 1. The van der Waals surface area contributed by atoms with Gasteiger partial charge in [-0.2, -0.15) is 9.98 Å². The molecule has 0 amide bonds. The van der Waals surface area contributed by atoms with Crippen molar-refractivity contribution < 1.29 is 17.9 Å². The van der Waals surface area contributed by atoms with E-state index in [-0.39, 0.29) is 11.3 Å². The summed E-state index contributed by atoms with van der Waals surface area (Å²) in [7, 11) is -2.72. The number of nitriles is 1. The highest BCUT2D eigenvalue weighted by atomic mass is 32.2. The Balaban J connectivity index is 2.24. The van der Waals surface area contributed by atoms with E-state index in [1.165, 1.54) is 31.4 Å². The van der Waals surface area contributed by atoms with Crippen molar-refractivity contribution in [1.29, 1.82) is 5.26 Å². The SMILES string of the molecule is COC(=O)[C@H](Cc1ccccc1)NS(=O)(=O)c1ccc(C#N)cc1. The van der Waals surface area contributed by atoms with Crippen molar-refractivity contribution in [3.63, 3.8) is 0 Å². The topological polar surface area (TPSA) is 96.3 Å². The molecule has 0 heterocycles. The van der Waals surface area contributed by atoms with Gasteiger partial charge in [-0.1, -0.05) is 30.3 Å². The average Bonchev–Trinajstić information content (AvgIpc) is 2.61. The fourth-order valence-corrected chi connectivity index (χ4v) is 3.31. The van der Waals surface area contributed by atoms with Gasteiger partial charge in [0.2, 0.25) is 10.0 Å². The fourth-order valence-electron chi connectivity index (χ4n) is 2.13. The third-order valence-electron chi connectivity index (χ3n) is 3.36. The monoisotopic (exact) mass is 344 g/mol. The van der Waals surface area contributed by atoms with Crippen LogP contribution in [0.25, 0.3) is 0 Å². The Kier molecular flexibility index (Phi) is 5.68. The number of rotatable bonds is 6. The minimum absolute atomic E-state index is 0.0246. The van der Waals surface area contributed by atoms with Crippen LogP contribution in [0.5, 0.6) is 0 Å². The van der Waals surface area contributed by atoms with E-state index in [4.69, 9.17) is 10.00 Å². The summed E-state index contributed by atoms with van der Waals surface area (Å²) in [4.78, 5) is 11.9. The highest BCUT2D eigenvalue weighted by Crippen LogP contribution is 2.13. The first-order chi connectivity index (χ1) is 11.5. The molecule has 0 aliphatic rings. The Morgan fingerprint density at radius 1 is 1.17 bits per heavy atom. The quantitative estimate of drug-likeness (QED) is 0.803. The third-order valence-corrected chi connectivity index (χ3v) is 4.85. The van der Waals surface area contributed by atoms with Crippen LogP contribution in [0.15, 0.2) is 59.5 Å². The Hall–Kier alpha value is -2.69. The van der Waals surface area contributed by atoms with Crippen molar-refractivity contribution in [2.75, 3.05) is 7.11 Å². The van der Waals surface area contributed by atoms with Crippen LogP contribution in [0.4, 0.5) is 0 Å². The molecule has 1 N–H and O–H groups in total. The normalized spacial score (nSPS) is 12.2. The predicted molar refractivity (Wildman–Crippen MR) is 87.4 cm³/mol. The van der Waals surface area contributed by atoms with Gasteiger partial charge in [0.25, 0.3) is 0 Å².